The van der Waals surface area contributed by atoms with Crippen molar-refractivity contribution < 1.29 is 0 Å². The summed E-state index contributed by atoms with van der Waals surface area (Å²) in [7, 11) is 0. The standard InChI is InChI=1S/C18H30N2S/c1-5-18(6-2)14-19-17(3,4)15-20(18)12-13-21-16-10-8-7-9-11-16/h7-11,19H,5-6,12-15H2,1-4H3. The second kappa shape index (κ2) is 7.17. The highest BCUT2D eigenvalue weighted by molar-refractivity contribution is 7.99. The first-order valence-corrected chi connectivity index (χ1v) is 9.18. The van der Waals surface area contributed by atoms with Gasteiger partial charge in [0, 0.05) is 41.4 Å². The van der Waals surface area contributed by atoms with Gasteiger partial charge in [0.15, 0.2) is 0 Å². The van der Waals surface area contributed by atoms with E-state index >= 15 is 0 Å². The fourth-order valence-electron chi connectivity index (χ4n) is 3.27. The molecule has 1 saturated heterocycles. The first-order valence-electron chi connectivity index (χ1n) is 8.19. The molecule has 0 unspecified atom stereocenters. The van der Waals surface area contributed by atoms with E-state index in [1.54, 1.807) is 0 Å². The van der Waals surface area contributed by atoms with E-state index < -0.39 is 0 Å². The Morgan fingerprint density at radius 1 is 1.14 bits per heavy atom. The third-order valence-corrected chi connectivity index (χ3v) is 5.83. The summed E-state index contributed by atoms with van der Waals surface area (Å²) in [5, 5.41) is 3.74. The molecule has 0 bridgehead atoms. The number of nitrogens with zero attached hydrogens (tertiary/aromatic N) is 1. The summed E-state index contributed by atoms with van der Waals surface area (Å²) in [6.45, 7) is 12.7. The summed E-state index contributed by atoms with van der Waals surface area (Å²) in [5.74, 6) is 1.17. The zero-order chi connectivity index (χ0) is 15.3. The molecule has 2 rings (SSSR count). The quantitative estimate of drug-likeness (QED) is 0.799. The Morgan fingerprint density at radius 3 is 2.43 bits per heavy atom. The van der Waals surface area contributed by atoms with Gasteiger partial charge in [-0.05, 0) is 38.8 Å². The molecule has 0 spiro atoms. The van der Waals surface area contributed by atoms with Gasteiger partial charge in [-0.15, -0.1) is 11.8 Å². The highest BCUT2D eigenvalue weighted by Gasteiger charge is 2.41. The maximum atomic E-state index is 3.74. The first kappa shape index (κ1) is 16.9. The van der Waals surface area contributed by atoms with Crippen molar-refractivity contribution in [2.24, 2.45) is 0 Å². The molecule has 1 heterocycles. The Balaban J connectivity index is 1.96. The van der Waals surface area contributed by atoms with Crippen molar-refractivity contribution >= 4 is 11.8 Å². The van der Waals surface area contributed by atoms with E-state index in [2.05, 4.69) is 68.2 Å². The monoisotopic (exact) mass is 306 g/mol. The van der Waals surface area contributed by atoms with Crippen molar-refractivity contribution in [1.29, 1.82) is 0 Å². The zero-order valence-corrected chi connectivity index (χ0v) is 14.8. The summed E-state index contributed by atoms with van der Waals surface area (Å²) >= 11 is 1.97. The van der Waals surface area contributed by atoms with Crippen molar-refractivity contribution in [1.82, 2.24) is 10.2 Å². The maximum absolute atomic E-state index is 3.74. The van der Waals surface area contributed by atoms with Gasteiger partial charge in [0.05, 0.1) is 0 Å². The van der Waals surface area contributed by atoms with Crippen LogP contribution in [0.3, 0.4) is 0 Å². The molecule has 0 aromatic heterocycles. The van der Waals surface area contributed by atoms with Gasteiger partial charge in [0.2, 0.25) is 0 Å². The van der Waals surface area contributed by atoms with Crippen LogP contribution in [0.2, 0.25) is 0 Å². The van der Waals surface area contributed by atoms with Crippen LogP contribution in [0.15, 0.2) is 35.2 Å². The van der Waals surface area contributed by atoms with E-state index in [0.717, 1.165) is 13.1 Å². The zero-order valence-electron chi connectivity index (χ0n) is 14.0. The van der Waals surface area contributed by atoms with Crippen LogP contribution < -0.4 is 5.32 Å². The maximum Gasteiger partial charge on any atom is 0.0330 e. The fraction of sp³-hybridized carbons (Fsp3) is 0.667. The second-order valence-electron chi connectivity index (χ2n) is 6.75. The number of rotatable bonds is 6. The van der Waals surface area contributed by atoms with Crippen molar-refractivity contribution in [2.45, 2.75) is 56.5 Å². The van der Waals surface area contributed by atoms with Crippen LogP contribution >= 0.6 is 11.8 Å². The van der Waals surface area contributed by atoms with Crippen molar-refractivity contribution in [3.8, 4) is 0 Å². The van der Waals surface area contributed by atoms with E-state index in [1.165, 1.54) is 30.0 Å². The molecule has 3 heteroatoms. The minimum absolute atomic E-state index is 0.227. The highest BCUT2D eigenvalue weighted by Crippen LogP contribution is 2.30. The fourth-order valence-corrected chi connectivity index (χ4v) is 4.17. The van der Waals surface area contributed by atoms with Gasteiger partial charge in [0.25, 0.3) is 0 Å². The van der Waals surface area contributed by atoms with Gasteiger partial charge < -0.3 is 5.32 Å². The number of hydrogen-bond donors (Lipinski definition) is 1. The minimum Gasteiger partial charge on any atom is -0.309 e. The van der Waals surface area contributed by atoms with E-state index in [1.807, 2.05) is 11.8 Å². The molecular weight excluding hydrogens is 276 g/mol. The lowest BCUT2D eigenvalue weighted by atomic mass is 9.84. The molecule has 1 aliphatic rings. The van der Waals surface area contributed by atoms with Gasteiger partial charge in [-0.25, -0.2) is 0 Å². The molecule has 21 heavy (non-hydrogen) atoms. The number of piperazine rings is 1. The molecule has 1 aromatic rings. The van der Waals surface area contributed by atoms with E-state index in [-0.39, 0.29) is 5.54 Å². The van der Waals surface area contributed by atoms with Crippen LogP contribution in [0.1, 0.15) is 40.5 Å². The van der Waals surface area contributed by atoms with Gasteiger partial charge in [0.1, 0.15) is 0 Å². The van der Waals surface area contributed by atoms with Gasteiger partial charge >= 0.3 is 0 Å². The normalized spacial score (nSPS) is 21.3. The Bertz CT molecular complexity index is 426. The van der Waals surface area contributed by atoms with Gasteiger partial charge in [-0.3, -0.25) is 4.90 Å². The lowest BCUT2D eigenvalue weighted by Crippen LogP contribution is -2.68. The molecule has 0 radical (unpaired) electrons. The molecule has 1 fully saturated rings. The summed E-state index contributed by atoms with van der Waals surface area (Å²) in [6.07, 6.45) is 2.45. The second-order valence-corrected chi connectivity index (χ2v) is 7.92. The molecule has 0 aliphatic carbocycles. The molecule has 118 valence electrons. The third kappa shape index (κ3) is 4.24. The molecule has 1 aliphatic heterocycles. The smallest absolute Gasteiger partial charge is 0.0330 e. The number of nitrogens with one attached hydrogen (secondary N) is 1. The average Bonchev–Trinajstić information content (AvgIpc) is 2.49. The molecule has 0 atom stereocenters. The van der Waals surface area contributed by atoms with Crippen molar-refractivity contribution in [3.05, 3.63) is 30.3 Å². The minimum atomic E-state index is 0.227. The predicted octanol–water partition coefficient (Wildman–Crippen LogP) is 4.02. The van der Waals surface area contributed by atoms with E-state index in [4.69, 9.17) is 0 Å². The van der Waals surface area contributed by atoms with Crippen molar-refractivity contribution in [3.63, 3.8) is 0 Å². The molecule has 1 N–H and O–H groups in total. The van der Waals surface area contributed by atoms with Crippen LogP contribution in [0, 0.1) is 0 Å². The molecule has 0 amide bonds. The molecular formula is C18H30N2S. The van der Waals surface area contributed by atoms with Crippen LogP contribution in [0.5, 0.6) is 0 Å². The Morgan fingerprint density at radius 2 is 1.81 bits per heavy atom. The summed E-state index contributed by atoms with van der Waals surface area (Å²) in [4.78, 5) is 4.12. The van der Waals surface area contributed by atoms with Crippen LogP contribution in [0.4, 0.5) is 0 Å². The van der Waals surface area contributed by atoms with Crippen molar-refractivity contribution in [2.75, 3.05) is 25.4 Å². The average molecular weight is 307 g/mol. The molecule has 1 aromatic carbocycles. The Kier molecular flexibility index (Phi) is 5.75. The topological polar surface area (TPSA) is 15.3 Å². The van der Waals surface area contributed by atoms with Crippen LogP contribution in [-0.4, -0.2) is 41.4 Å². The van der Waals surface area contributed by atoms with Gasteiger partial charge in [-0.1, -0.05) is 32.0 Å². The Labute approximate surface area is 134 Å². The summed E-state index contributed by atoms with van der Waals surface area (Å²) in [5.41, 5.74) is 0.567. The van der Waals surface area contributed by atoms with E-state index in [0.29, 0.717) is 5.54 Å². The van der Waals surface area contributed by atoms with Gasteiger partial charge in [-0.2, -0.15) is 0 Å². The molecule has 2 nitrogen and oxygen atoms in total. The summed E-state index contributed by atoms with van der Waals surface area (Å²) < 4.78 is 0. The lowest BCUT2D eigenvalue weighted by Gasteiger charge is -2.52. The number of thioether (sulfide) groups is 1. The lowest BCUT2D eigenvalue weighted by molar-refractivity contribution is 0.0143. The predicted molar refractivity (Wildman–Crippen MR) is 94.1 cm³/mol. The summed E-state index contributed by atoms with van der Waals surface area (Å²) in [6, 6.07) is 10.7. The highest BCUT2D eigenvalue weighted by atomic mass is 32.2. The van der Waals surface area contributed by atoms with Crippen LogP contribution in [-0.2, 0) is 0 Å². The Hall–Kier alpha value is -0.510. The van der Waals surface area contributed by atoms with E-state index in [9.17, 15) is 0 Å². The molecule has 0 saturated carbocycles. The SMILES string of the molecule is CCC1(CC)CNC(C)(C)CN1CCSc1ccccc1. The largest absolute Gasteiger partial charge is 0.309 e. The number of benzene rings is 1. The number of hydrogen-bond acceptors (Lipinski definition) is 3. The third-order valence-electron chi connectivity index (χ3n) is 4.84. The van der Waals surface area contributed by atoms with Crippen LogP contribution in [0.25, 0.3) is 0 Å². The first-order chi connectivity index (χ1) is 10.0.